The molecule has 0 bridgehead atoms. The lowest BCUT2D eigenvalue weighted by molar-refractivity contribution is 0.669. The zero-order valence-corrected chi connectivity index (χ0v) is 30.4. The molecule has 0 spiro atoms. The summed E-state index contributed by atoms with van der Waals surface area (Å²) in [5.74, 6) is 0.686. The average molecular weight is 715 g/mol. The Bertz CT molecular complexity index is 2960. The fourth-order valence-electron chi connectivity index (χ4n) is 8.89. The van der Waals surface area contributed by atoms with Gasteiger partial charge in [0.05, 0.1) is 16.8 Å². The molecule has 0 radical (unpaired) electrons. The van der Waals surface area contributed by atoms with E-state index in [0.29, 0.717) is 5.82 Å². The molecule has 0 saturated heterocycles. The molecule has 0 aliphatic heterocycles. The van der Waals surface area contributed by atoms with E-state index in [9.17, 15) is 0 Å². The van der Waals surface area contributed by atoms with E-state index < -0.39 is 5.41 Å². The maximum Gasteiger partial charge on any atom is 0.160 e. The van der Waals surface area contributed by atoms with Crippen molar-refractivity contribution in [3.8, 4) is 56.2 Å². The van der Waals surface area contributed by atoms with Crippen molar-refractivity contribution in [2.75, 3.05) is 0 Å². The molecule has 0 unspecified atom stereocenters. The van der Waals surface area contributed by atoms with E-state index in [0.717, 1.165) is 61.1 Å². The average Bonchev–Trinajstić information content (AvgIpc) is 3.80. The SMILES string of the molecule is c1ccc(-c2cc(-c3cc4c(cc3-c3ccc5oc6ccccc6c5c3)-c3ccccc3C4(c3ccccc3)c3ccccc3)nc(-c3ccccc3)n2)cc1. The van der Waals surface area contributed by atoms with Crippen LogP contribution in [0.4, 0.5) is 0 Å². The number of rotatable bonds is 6. The van der Waals surface area contributed by atoms with Crippen LogP contribution >= 0.6 is 0 Å². The predicted octanol–water partition coefficient (Wildman–Crippen LogP) is 13.4. The maximum atomic E-state index is 6.31. The van der Waals surface area contributed by atoms with Crippen molar-refractivity contribution in [2.45, 2.75) is 5.41 Å². The highest BCUT2D eigenvalue weighted by Gasteiger charge is 2.46. The quantitative estimate of drug-likeness (QED) is 0.172. The number of aromatic nitrogens is 2. The number of fused-ring (bicyclic) bond motifs is 6. The summed E-state index contributed by atoms with van der Waals surface area (Å²) in [5, 5.41) is 2.19. The summed E-state index contributed by atoms with van der Waals surface area (Å²) in [6.45, 7) is 0. The lowest BCUT2D eigenvalue weighted by Gasteiger charge is -2.34. The molecule has 0 fully saturated rings. The Kier molecular flexibility index (Phi) is 7.39. The van der Waals surface area contributed by atoms with Gasteiger partial charge in [0.1, 0.15) is 11.2 Å². The lowest BCUT2D eigenvalue weighted by Crippen LogP contribution is -2.28. The second kappa shape index (κ2) is 12.9. The summed E-state index contributed by atoms with van der Waals surface area (Å²) in [6, 6.07) is 73.4. The maximum absolute atomic E-state index is 6.31. The minimum Gasteiger partial charge on any atom is -0.456 e. The second-order valence-corrected chi connectivity index (χ2v) is 14.5. The third-order valence-electron chi connectivity index (χ3n) is 11.4. The zero-order valence-electron chi connectivity index (χ0n) is 30.4. The Hall–Kier alpha value is -7.36. The van der Waals surface area contributed by atoms with Crippen LogP contribution in [0.2, 0.25) is 0 Å². The van der Waals surface area contributed by atoms with Gasteiger partial charge in [-0.1, -0.05) is 170 Å². The van der Waals surface area contributed by atoms with Crippen LogP contribution in [0.15, 0.2) is 211 Å². The van der Waals surface area contributed by atoms with Crippen molar-refractivity contribution >= 4 is 21.9 Å². The number of para-hydroxylation sites is 1. The number of nitrogens with zero attached hydrogens (tertiary/aromatic N) is 2. The number of furan rings is 1. The van der Waals surface area contributed by atoms with Crippen molar-refractivity contribution in [1.82, 2.24) is 9.97 Å². The van der Waals surface area contributed by atoms with Gasteiger partial charge in [0.25, 0.3) is 0 Å². The van der Waals surface area contributed by atoms with Gasteiger partial charge >= 0.3 is 0 Å². The molecule has 8 aromatic carbocycles. The summed E-state index contributed by atoms with van der Waals surface area (Å²) in [5.41, 5.74) is 15.5. The molecule has 56 heavy (non-hydrogen) atoms. The normalized spacial score (nSPS) is 12.8. The van der Waals surface area contributed by atoms with Gasteiger partial charge in [-0.25, -0.2) is 9.97 Å². The van der Waals surface area contributed by atoms with Crippen molar-refractivity contribution in [3.05, 3.63) is 229 Å². The molecule has 1 aliphatic rings. The van der Waals surface area contributed by atoms with Crippen LogP contribution in [0.1, 0.15) is 22.3 Å². The third kappa shape index (κ3) is 4.98. The van der Waals surface area contributed by atoms with Crippen LogP contribution in [0, 0.1) is 0 Å². The molecule has 0 saturated carbocycles. The van der Waals surface area contributed by atoms with Crippen LogP contribution in [-0.2, 0) is 5.41 Å². The Balaban J connectivity index is 1.27. The topological polar surface area (TPSA) is 38.9 Å². The van der Waals surface area contributed by atoms with E-state index in [-0.39, 0.29) is 0 Å². The van der Waals surface area contributed by atoms with Crippen LogP contribution in [0.5, 0.6) is 0 Å². The Morgan fingerprint density at radius 3 is 1.66 bits per heavy atom. The summed E-state index contributed by atoms with van der Waals surface area (Å²) < 4.78 is 6.31. The molecule has 3 nitrogen and oxygen atoms in total. The number of benzene rings is 8. The first-order chi connectivity index (χ1) is 27.8. The third-order valence-corrected chi connectivity index (χ3v) is 11.4. The molecule has 262 valence electrons. The molecule has 11 rings (SSSR count). The molecule has 0 N–H and O–H groups in total. The van der Waals surface area contributed by atoms with Gasteiger partial charge in [-0.15, -0.1) is 0 Å². The first-order valence-corrected chi connectivity index (χ1v) is 19.1. The van der Waals surface area contributed by atoms with Gasteiger partial charge < -0.3 is 4.42 Å². The van der Waals surface area contributed by atoms with E-state index in [1.807, 2.05) is 36.4 Å². The van der Waals surface area contributed by atoms with E-state index in [2.05, 4.69) is 170 Å². The summed E-state index contributed by atoms with van der Waals surface area (Å²) in [6.07, 6.45) is 0. The molecule has 0 atom stereocenters. The van der Waals surface area contributed by atoms with Crippen LogP contribution in [0.25, 0.3) is 78.1 Å². The first kappa shape index (κ1) is 32.1. The van der Waals surface area contributed by atoms with Crippen LogP contribution < -0.4 is 0 Å². The standard InChI is InChI=1S/C53H34N2O/c1-5-17-35(18-6-1)48-34-49(55-52(54-48)36-19-7-2-8-20-36)44-33-47-43(32-42(44)37-29-30-51-45(31-37)41-26-14-16-28-50(41)56-51)40-25-13-15-27-46(40)53(47,38-21-9-3-10-22-38)39-23-11-4-12-24-39/h1-34H. The van der Waals surface area contributed by atoms with Gasteiger partial charge in [0, 0.05) is 27.5 Å². The molecule has 2 aromatic heterocycles. The Morgan fingerprint density at radius 2 is 0.929 bits per heavy atom. The Labute approximate surface area is 325 Å². The fraction of sp³-hybridized carbons (Fsp3) is 0.0189. The fourth-order valence-corrected chi connectivity index (χ4v) is 8.89. The van der Waals surface area contributed by atoms with E-state index in [1.54, 1.807) is 0 Å². The monoisotopic (exact) mass is 714 g/mol. The summed E-state index contributed by atoms with van der Waals surface area (Å²) in [4.78, 5) is 10.6. The van der Waals surface area contributed by atoms with Crippen molar-refractivity contribution in [1.29, 1.82) is 0 Å². The number of hydrogen-bond acceptors (Lipinski definition) is 3. The van der Waals surface area contributed by atoms with Gasteiger partial charge in [0.2, 0.25) is 0 Å². The highest BCUT2D eigenvalue weighted by atomic mass is 16.3. The molecular weight excluding hydrogens is 681 g/mol. The minimum atomic E-state index is -0.565. The first-order valence-electron chi connectivity index (χ1n) is 19.1. The van der Waals surface area contributed by atoms with E-state index in [1.165, 1.54) is 33.4 Å². The lowest BCUT2D eigenvalue weighted by atomic mass is 9.67. The molecule has 2 heterocycles. The molecule has 3 heteroatoms. The highest BCUT2D eigenvalue weighted by molar-refractivity contribution is 6.07. The van der Waals surface area contributed by atoms with Crippen LogP contribution in [-0.4, -0.2) is 9.97 Å². The van der Waals surface area contributed by atoms with E-state index in [4.69, 9.17) is 14.4 Å². The van der Waals surface area contributed by atoms with Gasteiger partial charge in [0.15, 0.2) is 5.82 Å². The molecule has 0 amide bonds. The largest absolute Gasteiger partial charge is 0.456 e. The zero-order chi connectivity index (χ0) is 37.1. The van der Waals surface area contributed by atoms with Gasteiger partial charge in [-0.2, -0.15) is 0 Å². The minimum absolute atomic E-state index is 0.565. The smallest absolute Gasteiger partial charge is 0.160 e. The van der Waals surface area contributed by atoms with Crippen molar-refractivity contribution in [2.24, 2.45) is 0 Å². The molecule has 10 aromatic rings. The number of hydrogen-bond donors (Lipinski definition) is 0. The van der Waals surface area contributed by atoms with E-state index >= 15 is 0 Å². The second-order valence-electron chi connectivity index (χ2n) is 14.5. The van der Waals surface area contributed by atoms with Gasteiger partial charge in [-0.05, 0) is 80.9 Å². The van der Waals surface area contributed by atoms with Crippen molar-refractivity contribution < 1.29 is 4.42 Å². The highest BCUT2D eigenvalue weighted by Crippen LogP contribution is 2.58. The van der Waals surface area contributed by atoms with Crippen LogP contribution in [0.3, 0.4) is 0 Å². The molecule has 1 aliphatic carbocycles. The Morgan fingerprint density at radius 1 is 0.339 bits per heavy atom. The van der Waals surface area contributed by atoms with Gasteiger partial charge in [-0.3, -0.25) is 0 Å². The summed E-state index contributed by atoms with van der Waals surface area (Å²) in [7, 11) is 0. The summed E-state index contributed by atoms with van der Waals surface area (Å²) >= 11 is 0. The molecular formula is C53H34N2O. The predicted molar refractivity (Wildman–Crippen MR) is 228 cm³/mol. The van der Waals surface area contributed by atoms with Crippen molar-refractivity contribution in [3.63, 3.8) is 0 Å².